The van der Waals surface area contributed by atoms with E-state index in [1.54, 1.807) is 0 Å². The molecule has 5 heteroatoms. The summed E-state index contributed by atoms with van der Waals surface area (Å²) >= 11 is 0. The third-order valence-corrected chi connectivity index (χ3v) is 12.7. The fraction of sp³-hybridized carbons (Fsp3) is 0.151. The van der Waals surface area contributed by atoms with E-state index in [9.17, 15) is 0 Å². The van der Waals surface area contributed by atoms with Crippen molar-refractivity contribution in [2.45, 2.75) is 51.4 Å². The van der Waals surface area contributed by atoms with Gasteiger partial charge in [-0.15, -0.1) is 0 Å². The van der Waals surface area contributed by atoms with Gasteiger partial charge in [0.15, 0.2) is 11.6 Å². The summed E-state index contributed by atoms with van der Waals surface area (Å²) in [6, 6.07) is 58.6. The Labute approximate surface area is 338 Å². The standard InChI is InChI=1S/C53H43N5/c1-52(2)31-32-53(3,4)43-33-36(27-30-42(43)52)37-21-11-14-24-44(37)57-45-25-15-12-22-38(45)40-28-29-41-39-23-13-16-26-46(39)58(48(41)47(40)57)51-55-49(34-17-7-5-8-18-34)54-50(56-51)35-19-9-6-10-20-35/h5-30,33H,31-32H2,1-4H3. The zero-order valence-electron chi connectivity index (χ0n) is 33.2. The van der Waals surface area contributed by atoms with Gasteiger partial charge in [-0.05, 0) is 58.6 Å². The number of hydrogen-bond acceptors (Lipinski definition) is 3. The summed E-state index contributed by atoms with van der Waals surface area (Å²) in [4.78, 5) is 15.7. The molecule has 0 radical (unpaired) electrons. The molecule has 0 N–H and O–H groups in total. The van der Waals surface area contributed by atoms with Gasteiger partial charge in [-0.1, -0.05) is 173 Å². The summed E-state index contributed by atoms with van der Waals surface area (Å²) in [5, 5.41) is 4.66. The summed E-state index contributed by atoms with van der Waals surface area (Å²) in [7, 11) is 0. The van der Waals surface area contributed by atoms with E-state index in [-0.39, 0.29) is 10.8 Å². The van der Waals surface area contributed by atoms with Gasteiger partial charge in [-0.25, -0.2) is 4.98 Å². The molecule has 1 aliphatic carbocycles. The minimum absolute atomic E-state index is 0.0947. The molecule has 10 aromatic rings. The quantitative estimate of drug-likeness (QED) is 0.176. The Morgan fingerprint density at radius 3 is 1.53 bits per heavy atom. The van der Waals surface area contributed by atoms with Gasteiger partial charge in [0.1, 0.15) is 0 Å². The van der Waals surface area contributed by atoms with Crippen molar-refractivity contribution in [3.8, 4) is 45.5 Å². The van der Waals surface area contributed by atoms with Crippen LogP contribution in [-0.2, 0) is 10.8 Å². The SMILES string of the molecule is CC1(C)CCC(C)(C)c2cc(-c3ccccc3-n3c4ccccc4c4ccc5c6ccccc6n(-c6nc(-c7ccccc7)nc(-c7ccccc7)n6)c5c43)ccc21. The Morgan fingerprint density at radius 1 is 0.414 bits per heavy atom. The van der Waals surface area contributed by atoms with Crippen molar-refractivity contribution in [2.75, 3.05) is 0 Å². The zero-order valence-corrected chi connectivity index (χ0v) is 33.2. The van der Waals surface area contributed by atoms with Crippen LogP contribution in [0.3, 0.4) is 0 Å². The van der Waals surface area contributed by atoms with Crippen molar-refractivity contribution in [1.82, 2.24) is 24.1 Å². The highest BCUT2D eigenvalue weighted by Crippen LogP contribution is 2.48. The lowest BCUT2D eigenvalue weighted by Crippen LogP contribution is -2.33. The fourth-order valence-electron chi connectivity index (χ4n) is 9.53. The van der Waals surface area contributed by atoms with Crippen LogP contribution in [0.15, 0.2) is 164 Å². The van der Waals surface area contributed by atoms with E-state index in [1.165, 1.54) is 45.9 Å². The minimum atomic E-state index is 0.0947. The van der Waals surface area contributed by atoms with Crippen molar-refractivity contribution in [3.05, 3.63) is 175 Å². The maximum absolute atomic E-state index is 5.30. The predicted octanol–water partition coefficient (Wildman–Crippen LogP) is 13.4. The van der Waals surface area contributed by atoms with Crippen molar-refractivity contribution in [2.24, 2.45) is 0 Å². The van der Waals surface area contributed by atoms with Gasteiger partial charge in [-0.2, -0.15) is 9.97 Å². The molecule has 0 atom stereocenters. The van der Waals surface area contributed by atoms with E-state index in [0.717, 1.165) is 49.7 Å². The van der Waals surface area contributed by atoms with Crippen LogP contribution in [0, 0.1) is 0 Å². The Balaban J connectivity index is 1.26. The topological polar surface area (TPSA) is 48.5 Å². The van der Waals surface area contributed by atoms with Crippen molar-refractivity contribution in [3.63, 3.8) is 0 Å². The highest BCUT2D eigenvalue weighted by atomic mass is 15.2. The van der Waals surface area contributed by atoms with Crippen molar-refractivity contribution in [1.29, 1.82) is 0 Å². The second-order valence-corrected chi connectivity index (χ2v) is 17.1. The Hall–Kier alpha value is -6.85. The number of para-hydroxylation sites is 3. The zero-order chi connectivity index (χ0) is 39.2. The molecule has 0 saturated carbocycles. The van der Waals surface area contributed by atoms with Crippen LogP contribution in [0.25, 0.3) is 89.2 Å². The average Bonchev–Trinajstić information content (AvgIpc) is 3.79. The Morgan fingerprint density at radius 2 is 0.914 bits per heavy atom. The third kappa shape index (κ3) is 5.26. The molecule has 0 fully saturated rings. The average molecular weight is 750 g/mol. The van der Waals surface area contributed by atoms with Crippen LogP contribution < -0.4 is 0 Å². The van der Waals surface area contributed by atoms with E-state index in [0.29, 0.717) is 17.6 Å². The molecule has 58 heavy (non-hydrogen) atoms. The number of nitrogens with zero attached hydrogens (tertiary/aromatic N) is 5. The van der Waals surface area contributed by atoms with Gasteiger partial charge in [0.05, 0.1) is 27.8 Å². The van der Waals surface area contributed by atoms with E-state index >= 15 is 0 Å². The molecule has 0 bridgehead atoms. The van der Waals surface area contributed by atoms with Crippen LogP contribution in [-0.4, -0.2) is 24.1 Å². The van der Waals surface area contributed by atoms with Gasteiger partial charge in [0, 0.05) is 38.2 Å². The first-order valence-corrected chi connectivity index (χ1v) is 20.3. The first-order chi connectivity index (χ1) is 28.3. The summed E-state index contributed by atoms with van der Waals surface area (Å²) in [5.74, 6) is 1.84. The molecule has 3 heterocycles. The smallest absolute Gasteiger partial charge is 0.238 e. The van der Waals surface area contributed by atoms with Crippen LogP contribution in [0.5, 0.6) is 0 Å². The maximum Gasteiger partial charge on any atom is 0.238 e. The summed E-state index contributed by atoms with van der Waals surface area (Å²) < 4.78 is 4.76. The number of hydrogen-bond donors (Lipinski definition) is 0. The van der Waals surface area contributed by atoms with Gasteiger partial charge in [0.25, 0.3) is 0 Å². The second-order valence-electron chi connectivity index (χ2n) is 17.1. The third-order valence-electron chi connectivity index (χ3n) is 12.7. The first-order valence-electron chi connectivity index (χ1n) is 20.3. The molecule has 5 nitrogen and oxygen atoms in total. The van der Waals surface area contributed by atoms with Crippen molar-refractivity contribution >= 4 is 43.6 Å². The van der Waals surface area contributed by atoms with E-state index < -0.39 is 0 Å². The molecule has 0 unspecified atom stereocenters. The molecule has 0 spiro atoms. The number of aromatic nitrogens is 5. The fourth-order valence-corrected chi connectivity index (χ4v) is 9.53. The largest absolute Gasteiger partial charge is 0.307 e. The van der Waals surface area contributed by atoms with E-state index in [4.69, 9.17) is 15.0 Å². The second kappa shape index (κ2) is 12.8. The molecule has 0 aliphatic heterocycles. The molecule has 1 aliphatic rings. The number of fused-ring (bicyclic) bond motifs is 8. The molecular weight excluding hydrogens is 707 g/mol. The molecular formula is C53H43N5. The highest BCUT2D eigenvalue weighted by molar-refractivity contribution is 6.24. The Kier molecular flexibility index (Phi) is 7.61. The lowest BCUT2D eigenvalue weighted by atomic mass is 9.63. The molecule has 0 amide bonds. The minimum Gasteiger partial charge on any atom is -0.307 e. The monoisotopic (exact) mass is 749 g/mol. The summed E-state index contributed by atoms with van der Waals surface area (Å²) in [6.07, 6.45) is 2.36. The lowest BCUT2D eigenvalue weighted by Gasteiger charge is -2.42. The van der Waals surface area contributed by atoms with E-state index in [2.05, 4.69) is 164 Å². The van der Waals surface area contributed by atoms with Crippen LogP contribution in [0.4, 0.5) is 0 Å². The van der Waals surface area contributed by atoms with Gasteiger partial charge in [-0.3, -0.25) is 4.57 Å². The maximum atomic E-state index is 5.30. The molecule has 3 aromatic heterocycles. The molecule has 7 aromatic carbocycles. The molecule has 11 rings (SSSR count). The summed E-state index contributed by atoms with van der Waals surface area (Å²) in [6.45, 7) is 9.62. The first kappa shape index (κ1) is 34.4. The molecule has 0 saturated heterocycles. The highest BCUT2D eigenvalue weighted by Gasteiger charge is 2.37. The van der Waals surface area contributed by atoms with Crippen LogP contribution in [0.2, 0.25) is 0 Å². The summed E-state index contributed by atoms with van der Waals surface area (Å²) in [5.41, 5.74) is 13.0. The van der Waals surface area contributed by atoms with Crippen LogP contribution in [0.1, 0.15) is 51.7 Å². The van der Waals surface area contributed by atoms with Gasteiger partial charge in [0.2, 0.25) is 5.95 Å². The van der Waals surface area contributed by atoms with E-state index in [1.807, 2.05) is 36.4 Å². The normalized spacial score (nSPS) is 14.7. The van der Waals surface area contributed by atoms with Crippen LogP contribution >= 0.6 is 0 Å². The Bertz CT molecular complexity index is 3160. The number of benzene rings is 7. The number of rotatable bonds is 5. The molecule has 280 valence electrons. The predicted molar refractivity (Wildman–Crippen MR) is 240 cm³/mol. The van der Waals surface area contributed by atoms with Gasteiger partial charge >= 0.3 is 0 Å². The van der Waals surface area contributed by atoms with Gasteiger partial charge < -0.3 is 4.57 Å². The lowest BCUT2D eigenvalue weighted by molar-refractivity contribution is 0.332. The van der Waals surface area contributed by atoms with Crippen molar-refractivity contribution < 1.29 is 0 Å².